The van der Waals surface area contributed by atoms with Crippen molar-refractivity contribution in [3.63, 3.8) is 0 Å². The molecule has 0 saturated heterocycles. The maximum atomic E-state index is 6.04. The lowest BCUT2D eigenvalue weighted by atomic mass is 10.1. The summed E-state index contributed by atoms with van der Waals surface area (Å²) in [6.07, 6.45) is 0. The van der Waals surface area contributed by atoms with Gasteiger partial charge in [-0.15, -0.1) is 0 Å². The number of rotatable bonds is 5. The molecule has 0 bridgehead atoms. The van der Waals surface area contributed by atoms with E-state index in [1.54, 1.807) is 0 Å². The first-order valence-electron chi connectivity index (χ1n) is 7.93. The topological polar surface area (TPSA) is 31.4 Å². The van der Waals surface area contributed by atoms with Gasteiger partial charge in [-0.1, -0.05) is 29.8 Å². The lowest BCUT2D eigenvalue weighted by Crippen LogP contribution is -2.10. The Morgan fingerprint density at radius 2 is 1.62 bits per heavy atom. The summed E-state index contributed by atoms with van der Waals surface area (Å²) in [6, 6.07) is 13.8. The summed E-state index contributed by atoms with van der Waals surface area (Å²) < 4.78 is 11.8. The number of para-hydroxylation sites is 1. The molecule has 3 rings (SSSR count). The Labute approximate surface area is 147 Å². The highest BCUT2D eigenvalue weighted by Gasteiger charge is 2.07. The van der Waals surface area contributed by atoms with Gasteiger partial charge in [0.1, 0.15) is 30.2 Å². The molecule has 3 aromatic rings. The second-order valence-corrected chi connectivity index (χ2v) is 6.28. The normalized spacial score (nSPS) is 10.8. The Morgan fingerprint density at radius 3 is 2.38 bits per heavy atom. The Morgan fingerprint density at radius 1 is 0.917 bits per heavy atom. The van der Waals surface area contributed by atoms with Gasteiger partial charge in [-0.25, -0.2) is 4.98 Å². The maximum Gasteiger partial charge on any atom is 0.145 e. The van der Waals surface area contributed by atoms with Crippen LogP contribution < -0.4 is 9.47 Å². The van der Waals surface area contributed by atoms with E-state index in [2.05, 4.69) is 11.1 Å². The maximum absolute atomic E-state index is 6.04. The van der Waals surface area contributed by atoms with Gasteiger partial charge in [0.25, 0.3) is 0 Å². The van der Waals surface area contributed by atoms with E-state index < -0.39 is 0 Å². The van der Waals surface area contributed by atoms with Crippen molar-refractivity contribution in [1.82, 2.24) is 4.98 Å². The van der Waals surface area contributed by atoms with Crippen molar-refractivity contribution in [2.75, 3.05) is 13.2 Å². The van der Waals surface area contributed by atoms with Crippen molar-refractivity contribution >= 4 is 22.5 Å². The van der Waals surface area contributed by atoms with Crippen molar-refractivity contribution < 1.29 is 9.47 Å². The molecule has 3 nitrogen and oxygen atoms in total. The number of ether oxygens (including phenoxy) is 2. The highest BCUT2D eigenvalue weighted by Crippen LogP contribution is 2.27. The molecular formula is C20H20ClNO2. The number of aryl methyl sites for hydroxylation is 3. The Balaban J connectivity index is 1.67. The predicted octanol–water partition coefficient (Wildman–Crippen LogP) is 5.27. The molecule has 0 saturated carbocycles. The van der Waals surface area contributed by atoms with Crippen molar-refractivity contribution in [1.29, 1.82) is 0 Å². The first-order chi connectivity index (χ1) is 11.5. The average Bonchev–Trinajstić information content (AvgIpc) is 2.53. The van der Waals surface area contributed by atoms with Crippen LogP contribution in [-0.2, 0) is 0 Å². The quantitative estimate of drug-likeness (QED) is 0.592. The van der Waals surface area contributed by atoms with Crippen molar-refractivity contribution in [2.45, 2.75) is 20.8 Å². The molecule has 0 fully saturated rings. The fourth-order valence-corrected chi connectivity index (χ4v) is 3.08. The van der Waals surface area contributed by atoms with Crippen LogP contribution in [0, 0.1) is 20.8 Å². The first-order valence-corrected chi connectivity index (χ1v) is 8.31. The minimum absolute atomic E-state index is 0.455. The summed E-state index contributed by atoms with van der Waals surface area (Å²) in [5.41, 5.74) is 3.92. The minimum Gasteiger partial charge on any atom is -0.489 e. The van der Waals surface area contributed by atoms with Crippen LogP contribution in [0.5, 0.6) is 11.5 Å². The molecule has 124 valence electrons. The zero-order chi connectivity index (χ0) is 17.1. The van der Waals surface area contributed by atoms with Gasteiger partial charge in [-0.2, -0.15) is 0 Å². The van der Waals surface area contributed by atoms with Crippen LogP contribution in [0.4, 0.5) is 0 Å². The third kappa shape index (κ3) is 3.62. The second kappa shape index (κ2) is 7.10. The molecule has 0 unspecified atom stereocenters. The van der Waals surface area contributed by atoms with Crippen LogP contribution in [0.3, 0.4) is 0 Å². The van der Waals surface area contributed by atoms with Gasteiger partial charge in [0.05, 0.1) is 0 Å². The summed E-state index contributed by atoms with van der Waals surface area (Å²) in [5.74, 6) is 1.65. The molecule has 0 atom stereocenters. The molecule has 0 aliphatic heterocycles. The smallest absolute Gasteiger partial charge is 0.145 e. The van der Waals surface area contributed by atoms with Gasteiger partial charge in [-0.05, 0) is 56.2 Å². The molecule has 0 amide bonds. The van der Waals surface area contributed by atoms with E-state index in [0.29, 0.717) is 13.2 Å². The Bertz CT molecular complexity index is 854. The van der Waals surface area contributed by atoms with Crippen molar-refractivity contribution in [2.24, 2.45) is 0 Å². The molecule has 0 N–H and O–H groups in total. The van der Waals surface area contributed by atoms with Crippen LogP contribution in [0.1, 0.15) is 16.8 Å². The third-order valence-electron chi connectivity index (χ3n) is 3.83. The van der Waals surface area contributed by atoms with E-state index in [9.17, 15) is 0 Å². The van der Waals surface area contributed by atoms with Gasteiger partial charge in [0.15, 0.2) is 0 Å². The monoisotopic (exact) mass is 341 g/mol. The number of hydrogen-bond acceptors (Lipinski definition) is 3. The molecule has 2 aromatic carbocycles. The minimum atomic E-state index is 0.455. The fraction of sp³-hybridized carbons (Fsp3) is 0.250. The largest absolute Gasteiger partial charge is 0.489 e. The van der Waals surface area contributed by atoms with Gasteiger partial charge in [-0.3, -0.25) is 0 Å². The van der Waals surface area contributed by atoms with Gasteiger partial charge >= 0.3 is 0 Å². The number of benzene rings is 2. The lowest BCUT2D eigenvalue weighted by molar-refractivity contribution is 0.217. The van der Waals surface area contributed by atoms with E-state index in [1.807, 2.05) is 57.2 Å². The number of fused-ring (bicyclic) bond motifs is 1. The fourth-order valence-electron chi connectivity index (χ4n) is 2.75. The van der Waals surface area contributed by atoms with Crippen LogP contribution in [0.2, 0.25) is 5.02 Å². The predicted molar refractivity (Wildman–Crippen MR) is 98.4 cm³/mol. The molecule has 0 spiro atoms. The number of hydrogen-bond donors (Lipinski definition) is 0. The third-order valence-corrected chi connectivity index (χ3v) is 4.05. The lowest BCUT2D eigenvalue weighted by Gasteiger charge is -2.14. The number of halogens is 1. The number of pyridine rings is 1. The van der Waals surface area contributed by atoms with E-state index in [1.165, 1.54) is 0 Å². The summed E-state index contributed by atoms with van der Waals surface area (Å²) in [5, 5.41) is 1.80. The second-order valence-electron chi connectivity index (χ2n) is 5.85. The highest BCUT2D eigenvalue weighted by atomic mass is 35.5. The molecule has 0 aliphatic rings. The van der Waals surface area contributed by atoms with Crippen molar-refractivity contribution in [3.05, 3.63) is 64.3 Å². The first kappa shape index (κ1) is 16.6. The van der Waals surface area contributed by atoms with Crippen LogP contribution >= 0.6 is 11.6 Å². The number of nitrogens with zero attached hydrogens (tertiary/aromatic N) is 1. The van der Waals surface area contributed by atoms with E-state index >= 15 is 0 Å². The average molecular weight is 342 g/mol. The van der Waals surface area contributed by atoms with Gasteiger partial charge < -0.3 is 9.47 Å². The molecule has 1 aromatic heterocycles. The van der Waals surface area contributed by atoms with Crippen LogP contribution in [0.25, 0.3) is 10.9 Å². The zero-order valence-electron chi connectivity index (χ0n) is 14.1. The molecule has 24 heavy (non-hydrogen) atoms. The summed E-state index contributed by atoms with van der Waals surface area (Å²) >= 11 is 6.04. The summed E-state index contributed by atoms with van der Waals surface area (Å²) in [6.45, 7) is 6.88. The zero-order valence-corrected chi connectivity index (χ0v) is 14.9. The summed E-state index contributed by atoms with van der Waals surface area (Å²) in [4.78, 5) is 4.57. The molecule has 1 heterocycles. The summed E-state index contributed by atoms with van der Waals surface area (Å²) in [7, 11) is 0. The Kier molecular flexibility index (Phi) is 4.91. The van der Waals surface area contributed by atoms with E-state index in [0.717, 1.165) is 44.2 Å². The van der Waals surface area contributed by atoms with Crippen LogP contribution in [0.15, 0.2) is 42.5 Å². The van der Waals surface area contributed by atoms with Gasteiger partial charge in [0.2, 0.25) is 0 Å². The Hall–Kier alpha value is -2.26. The van der Waals surface area contributed by atoms with Crippen LogP contribution in [-0.4, -0.2) is 18.2 Å². The molecule has 4 heteroatoms. The molecule has 0 aliphatic carbocycles. The standard InChI is InChI=1S/C20H20ClNO2/c1-13-11-17(21)12-14(2)20(13)24-10-9-23-18-6-4-5-16-8-7-15(3)22-19(16)18/h4-8,11-12H,9-10H2,1-3H3. The van der Waals surface area contributed by atoms with Gasteiger partial charge in [0, 0.05) is 16.1 Å². The SMILES string of the molecule is Cc1ccc2cccc(OCCOc3c(C)cc(Cl)cc3C)c2n1. The van der Waals surface area contributed by atoms with E-state index in [-0.39, 0.29) is 0 Å². The van der Waals surface area contributed by atoms with E-state index in [4.69, 9.17) is 21.1 Å². The number of aromatic nitrogens is 1. The van der Waals surface area contributed by atoms with Crippen molar-refractivity contribution in [3.8, 4) is 11.5 Å². The molecule has 0 radical (unpaired) electrons. The molecular weight excluding hydrogens is 322 g/mol. The highest BCUT2D eigenvalue weighted by molar-refractivity contribution is 6.30.